The number of aliphatic hydroxyl groups excluding tert-OH is 2. The van der Waals surface area contributed by atoms with E-state index in [-0.39, 0.29) is 13.2 Å². The number of carbonyl (C=O) groups is 1. The van der Waals surface area contributed by atoms with Crippen molar-refractivity contribution in [3.05, 3.63) is 40.3 Å². The maximum Gasteiger partial charge on any atom is 0.258 e. The SMILES string of the molecule is Cc1cc(-c2nnc(-c3ccc(CC(C)C)s3)o2)cc(C)c1OC[C@H](O)CNC(=O)CO. The number of benzene rings is 1. The third kappa shape index (κ3) is 6.15. The molecular weight excluding hydrogens is 430 g/mol. The fraction of sp³-hybridized carbons (Fsp3) is 0.435. The van der Waals surface area contributed by atoms with Crippen LogP contribution in [0.3, 0.4) is 0 Å². The van der Waals surface area contributed by atoms with E-state index in [1.165, 1.54) is 4.88 Å². The van der Waals surface area contributed by atoms with Crippen molar-refractivity contribution in [2.45, 2.75) is 40.2 Å². The van der Waals surface area contributed by atoms with Gasteiger partial charge in [0, 0.05) is 17.0 Å². The number of hydrogen-bond donors (Lipinski definition) is 3. The molecule has 0 radical (unpaired) electrons. The lowest BCUT2D eigenvalue weighted by molar-refractivity contribution is -0.124. The van der Waals surface area contributed by atoms with Gasteiger partial charge in [-0.1, -0.05) is 13.8 Å². The molecule has 0 aliphatic heterocycles. The number of aromatic nitrogens is 2. The molecule has 3 rings (SSSR count). The van der Waals surface area contributed by atoms with Gasteiger partial charge in [-0.2, -0.15) is 0 Å². The third-order valence-corrected chi connectivity index (χ3v) is 5.81. The van der Waals surface area contributed by atoms with Crippen molar-refractivity contribution in [1.29, 1.82) is 0 Å². The molecule has 0 saturated carbocycles. The first-order valence-corrected chi connectivity index (χ1v) is 11.3. The molecular formula is C23H29N3O5S. The van der Waals surface area contributed by atoms with E-state index in [2.05, 4.69) is 35.4 Å². The molecule has 0 fully saturated rings. The minimum atomic E-state index is -0.895. The molecule has 172 valence electrons. The zero-order chi connectivity index (χ0) is 23.3. The molecule has 0 bridgehead atoms. The van der Waals surface area contributed by atoms with E-state index in [0.29, 0.717) is 23.4 Å². The summed E-state index contributed by atoms with van der Waals surface area (Å²) in [5.41, 5.74) is 2.52. The van der Waals surface area contributed by atoms with Crippen molar-refractivity contribution in [2.75, 3.05) is 19.8 Å². The number of thiophene rings is 1. The van der Waals surface area contributed by atoms with Crippen LogP contribution in [0.25, 0.3) is 22.2 Å². The van der Waals surface area contributed by atoms with Crippen molar-refractivity contribution in [1.82, 2.24) is 15.5 Å². The number of carbonyl (C=O) groups excluding carboxylic acids is 1. The molecule has 32 heavy (non-hydrogen) atoms. The van der Waals surface area contributed by atoms with Crippen LogP contribution in [0.15, 0.2) is 28.7 Å². The fourth-order valence-electron chi connectivity index (χ4n) is 3.27. The van der Waals surface area contributed by atoms with E-state index >= 15 is 0 Å². The number of hydrogen-bond acceptors (Lipinski definition) is 8. The molecule has 3 aromatic rings. The zero-order valence-electron chi connectivity index (χ0n) is 18.7. The van der Waals surface area contributed by atoms with Crippen molar-refractivity contribution in [3.8, 4) is 28.0 Å². The number of nitrogens with one attached hydrogen (secondary N) is 1. The van der Waals surface area contributed by atoms with Gasteiger partial charge >= 0.3 is 0 Å². The smallest absolute Gasteiger partial charge is 0.258 e. The fourth-order valence-corrected chi connectivity index (χ4v) is 4.41. The highest BCUT2D eigenvalue weighted by molar-refractivity contribution is 7.15. The average molecular weight is 460 g/mol. The molecule has 2 heterocycles. The van der Waals surface area contributed by atoms with E-state index in [9.17, 15) is 9.90 Å². The lowest BCUT2D eigenvalue weighted by atomic mass is 10.1. The standard InChI is InChI=1S/C23H29N3O5S/c1-13(2)7-18-5-6-19(32-18)23-26-25-22(31-23)16-8-14(3)21(15(4)9-16)30-12-17(28)10-24-20(29)11-27/h5-6,8-9,13,17,27-28H,7,10-12H2,1-4H3,(H,24,29)/t17-/m1/s1. The summed E-state index contributed by atoms with van der Waals surface area (Å²) in [7, 11) is 0. The van der Waals surface area contributed by atoms with Crippen LogP contribution in [0.4, 0.5) is 0 Å². The molecule has 9 heteroatoms. The summed E-state index contributed by atoms with van der Waals surface area (Å²) >= 11 is 1.67. The van der Waals surface area contributed by atoms with Gasteiger partial charge in [0.2, 0.25) is 11.8 Å². The number of aliphatic hydroxyl groups is 2. The van der Waals surface area contributed by atoms with Gasteiger partial charge in [0.25, 0.3) is 5.89 Å². The second kappa shape index (κ2) is 10.7. The highest BCUT2D eigenvalue weighted by atomic mass is 32.1. The highest BCUT2D eigenvalue weighted by Gasteiger charge is 2.16. The monoisotopic (exact) mass is 459 g/mol. The molecule has 8 nitrogen and oxygen atoms in total. The summed E-state index contributed by atoms with van der Waals surface area (Å²) in [5.74, 6) is 1.63. The maximum absolute atomic E-state index is 11.1. The van der Waals surface area contributed by atoms with Gasteiger partial charge in [0.15, 0.2) is 0 Å². The van der Waals surface area contributed by atoms with Crippen LogP contribution in [0.2, 0.25) is 0 Å². The van der Waals surface area contributed by atoms with Crippen LogP contribution in [0, 0.1) is 19.8 Å². The average Bonchev–Trinajstić information content (AvgIpc) is 3.40. The summed E-state index contributed by atoms with van der Waals surface area (Å²) in [4.78, 5) is 13.3. The van der Waals surface area contributed by atoms with Gasteiger partial charge in [0.1, 0.15) is 25.1 Å². The van der Waals surface area contributed by atoms with E-state index in [4.69, 9.17) is 14.3 Å². The zero-order valence-corrected chi connectivity index (χ0v) is 19.5. The molecule has 0 aliphatic carbocycles. The van der Waals surface area contributed by atoms with Gasteiger partial charge in [-0.05, 0) is 61.6 Å². The normalized spacial score (nSPS) is 12.2. The van der Waals surface area contributed by atoms with Crippen molar-refractivity contribution < 1.29 is 24.2 Å². The Morgan fingerprint density at radius 3 is 2.53 bits per heavy atom. The molecule has 0 aliphatic rings. The number of aryl methyl sites for hydroxylation is 2. The molecule has 0 unspecified atom stereocenters. The molecule has 1 aromatic carbocycles. The Morgan fingerprint density at radius 1 is 1.19 bits per heavy atom. The Kier molecular flexibility index (Phi) is 8.00. The Labute approximate surface area is 191 Å². The first kappa shape index (κ1) is 23.9. The Hall–Kier alpha value is -2.75. The molecule has 1 atom stereocenters. The van der Waals surface area contributed by atoms with Gasteiger partial charge in [0.05, 0.1) is 4.88 Å². The summed E-state index contributed by atoms with van der Waals surface area (Å²) < 4.78 is 11.7. The minimum absolute atomic E-state index is 0.00192. The number of ether oxygens (including phenoxy) is 1. The molecule has 0 saturated heterocycles. The predicted octanol–water partition coefficient (Wildman–Crippen LogP) is 3.13. The Balaban J connectivity index is 1.68. The van der Waals surface area contributed by atoms with E-state index in [1.54, 1.807) is 11.3 Å². The first-order chi connectivity index (χ1) is 15.3. The predicted molar refractivity (Wildman–Crippen MR) is 123 cm³/mol. The number of amides is 1. The largest absolute Gasteiger partial charge is 0.490 e. The second-order valence-corrected chi connectivity index (χ2v) is 9.31. The maximum atomic E-state index is 11.1. The Morgan fingerprint density at radius 2 is 1.88 bits per heavy atom. The first-order valence-electron chi connectivity index (χ1n) is 10.5. The molecule has 0 spiro atoms. The van der Waals surface area contributed by atoms with Gasteiger partial charge in [-0.15, -0.1) is 21.5 Å². The molecule has 3 N–H and O–H groups in total. The summed E-state index contributed by atoms with van der Waals surface area (Å²) in [6.45, 7) is 7.59. The van der Waals surface area contributed by atoms with Gasteiger partial charge in [-0.3, -0.25) is 4.79 Å². The highest BCUT2D eigenvalue weighted by Crippen LogP contribution is 2.33. The van der Waals surface area contributed by atoms with E-state index in [0.717, 1.165) is 28.0 Å². The topological polar surface area (TPSA) is 118 Å². The lowest BCUT2D eigenvalue weighted by Crippen LogP contribution is -2.36. The van der Waals surface area contributed by atoms with Crippen LogP contribution in [0.5, 0.6) is 5.75 Å². The third-order valence-electron chi connectivity index (χ3n) is 4.71. The summed E-state index contributed by atoms with van der Waals surface area (Å²) in [5, 5.41) is 29.5. The van der Waals surface area contributed by atoms with Crippen LogP contribution in [-0.4, -0.2) is 52.2 Å². The molecule has 2 aromatic heterocycles. The van der Waals surface area contributed by atoms with Crippen LogP contribution >= 0.6 is 11.3 Å². The quantitative estimate of drug-likeness (QED) is 0.426. The van der Waals surface area contributed by atoms with E-state index < -0.39 is 18.6 Å². The van der Waals surface area contributed by atoms with Crippen molar-refractivity contribution in [3.63, 3.8) is 0 Å². The van der Waals surface area contributed by atoms with Crippen LogP contribution in [-0.2, 0) is 11.2 Å². The second-order valence-electron chi connectivity index (χ2n) is 8.14. The van der Waals surface area contributed by atoms with Crippen LogP contribution in [0.1, 0.15) is 29.9 Å². The number of rotatable bonds is 10. The van der Waals surface area contributed by atoms with Gasteiger partial charge in [-0.25, -0.2) is 0 Å². The molecule has 1 amide bonds. The van der Waals surface area contributed by atoms with Crippen molar-refractivity contribution >= 4 is 17.2 Å². The Bertz CT molecular complexity index is 1040. The van der Waals surface area contributed by atoms with Gasteiger partial charge < -0.3 is 24.7 Å². The lowest BCUT2D eigenvalue weighted by Gasteiger charge is -2.16. The minimum Gasteiger partial charge on any atom is -0.490 e. The van der Waals surface area contributed by atoms with Crippen LogP contribution < -0.4 is 10.1 Å². The van der Waals surface area contributed by atoms with Crippen molar-refractivity contribution in [2.24, 2.45) is 5.92 Å². The summed E-state index contributed by atoms with van der Waals surface area (Å²) in [6, 6.07) is 7.92. The number of nitrogens with zero attached hydrogens (tertiary/aromatic N) is 2. The summed E-state index contributed by atoms with van der Waals surface area (Å²) in [6.07, 6.45) is 0.127. The van der Waals surface area contributed by atoms with E-state index in [1.807, 2.05) is 32.0 Å².